The molecule has 0 saturated carbocycles. The van der Waals surface area contributed by atoms with Gasteiger partial charge in [0.25, 0.3) is 0 Å². The van der Waals surface area contributed by atoms with Gasteiger partial charge in [0.05, 0.1) is 26.4 Å². The summed E-state index contributed by atoms with van der Waals surface area (Å²) in [4.78, 5) is 2.49. The fourth-order valence-electron chi connectivity index (χ4n) is 4.30. The van der Waals surface area contributed by atoms with Gasteiger partial charge >= 0.3 is 0 Å². The van der Waals surface area contributed by atoms with E-state index in [1.54, 1.807) is 7.11 Å². The van der Waals surface area contributed by atoms with Crippen LogP contribution in [-0.2, 0) is 4.74 Å². The summed E-state index contributed by atoms with van der Waals surface area (Å²) in [6.07, 6.45) is 2.25. The summed E-state index contributed by atoms with van der Waals surface area (Å²) in [5.74, 6) is 1.42. The van der Waals surface area contributed by atoms with E-state index in [0.29, 0.717) is 12.0 Å². The van der Waals surface area contributed by atoms with Gasteiger partial charge in [-0.3, -0.25) is 0 Å². The van der Waals surface area contributed by atoms with Crippen LogP contribution in [0.25, 0.3) is 10.8 Å². The lowest BCUT2D eigenvalue weighted by atomic mass is 9.90. The van der Waals surface area contributed by atoms with Crippen LogP contribution in [-0.4, -0.2) is 32.9 Å². The van der Waals surface area contributed by atoms with E-state index in [1.807, 2.05) is 6.07 Å². The minimum Gasteiger partial charge on any atom is -0.497 e. The molecule has 0 aromatic heterocycles. The number of rotatable bonds is 6. The van der Waals surface area contributed by atoms with Crippen molar-refractivity contribution in [3.05, 3.63) is 72.3 Å². The van der Waals surface area contributed by atoms with E-state index in [9.17, 15) is 0 Å². The fraction of sp³-hybridized carbons (Fsp3) is 0.360. The molecular weight excluding hydrogens is 346 g/mol. The smallest absolute Gasteiger partial charge is 0.120 e. The van der Waals surface area contributed by atoms with Gasteiger partial charge in [-0.1, -0.05) is 55.5 Å². The highest BCUT2D eigenvalue weighted by Crippen LogP contribution is 2.31. The number of morpholine rings is 1. The number of ether oxygens (including phenoxy) is 2. The van der Waals surface area contributed by atoms with Crippen LogP contribution in [0.3, 0.4) is 0 Å². The average molecular weight is 376 g/mol. The maximum atomic E-state index is 5.83. The Morgan fingerprint density at radius 2 is 1.89 bits per heavy atom. The minimum absolute atomic E-state index is 0.401. The Balaban J connectivity index is 1.49. The Bertz CT molecular complexity index is 918. The first kappa shape index (κ1) is 18.8. The topological polar surface area (TPSA) is 21.7 Å². The van der Waals surface area contributed by atoms with Crippen molar-refractivity contribution in [1.82, 2.24) is 0 Å². The van der Waals surface area contributed by atoms with Gasteiger partial charge in [-0.15, -0.1) is 0 Å². The second kappa shape index (κ2) is 8.66. The molecule has 3 heteroatoms. The molecule has 1 fully saturated rings. The molecule has 0 spiro atoms. The van der Waals surface area contributed by atoms with Crippen LogP contribution in [0.5, 0.6) is 5.75 Å². The molecular formula is C25H29NO2. The quantitative estimate of drug-likeness (QED) is 0.557. The van der Waals surface area contributed by atoms with Gasteiger partial charge in [-0.2, -0.15) is 0 Å². The van der Waals surface area contributed by atoms with Gasteiger partial charge in [0, 0.05) is 18.3 Å². The lowest BCUT2D eigenvalue weighted by Gasteiger charge is -2.38. The van der Waals surface area contributed by atoms with Gasteiger partial charge < -0.3 is 14.4 Å². The third-order valence-corrected chi connectivity index (χ3v) is 5.90. The van der Waals surface area contributed by atoms with E-state index >= 15 is 0 Å². The maximum Gasteiger partial charge on any atom is 0.120 e. The second-order valence-electron chi connectivity index (χ2n) is 7.67. The van der Waals surface area contributed by atoms with Crippen LogP contribution in [0, 0.1) is 0 Å². The van der Waals surface area contributed by atoms with E-state index < -0.39 is 0 Å². The molecule has 0 radical (unpaired) electrons. The van der Waals surface area contributed by atoms with E-state index in [0.717, 1.165) is 38.3 Å². The highest BCUT2D eigenvalue weighted by molar-refractivity contribution is 5.86. The van der Waals surface area contributed by atoms with E-state index in [-0.39, 0.29) is 0 Å². The highest BCUT2D eigenvalue weighted by Gasteiger charge is 2.24. The zero-order valence-electron chi connectivity index (χ0n) is 16.8. The molecule has 28 heavy (non-hydrogen) atoms. The summed E-state index contributed by atoms with van der Waals surface area (Å²) >= 11 is 0. The molecule has 1 saturated heterocycles. The zero-order chi connectivity index (χ0) is 19.3. The molecule has 1 unspecified atom stereocenters. The number of methoxy groups -OCH3 is 1. The number of anilines is 1. The average Bonchev–Trinajstić information content (AvgIpc) is 2.77. The van der Waals surface area contributed by atoms with Crippen molar-refractivity contribution in [2.45, 2.75) is 31.7 Å². The summed E-state index contributed by atoms with van der Waals surface area (Å²) in [6.45, 7) is 4.86. The third kappa shape index (κ3) is 4.00. The van der Waals surface area contributed by atoms with Crippen molar-refractivity contribution in [3.8, 4) is 5.75 Å². The fourth-order valence-corrected chi connectivity index (χ4v) is 4.30. The summed E-state index contributed by atoms with van der Waals surface area (Å²) in [5, 5.41) is 2.70. The molecule has 3 nitrogen and oxygen atoms in total. The molecule has 1 aliphatic rings. The lowest BCUT2D eigenvalue weighted by molar-refractivity contribution is 0.0904. The van der Waals surface area contributed by atoms with Gasteiger partial charge in [0.1, 0.15) is 5.75 Å². The first-order valence-corrected chi connectivity index (χ1v) is 10.2. The predicted octanol–water partition coefficient (Wildman–Crippen LogP) is 5.64. The van der Waals surface area contributed by atoms with Crippen molar-refractivity contribution in [3.63, 3.8) is 0 Å². The highest BCUT2D eigenvalue weighted by atomic mass is 16.5. The van der Waals surface area contributed by atoms with E-state index in [1.165, 1.54) is 22.0 Å². The van der Waals surface area contributed by atoms with Crippen LogP contribution >= 0.6 is 0 Å². The van der Waals surface area contributed by atoms with Crippen LogP contribution in [0.2, 0.25) is 0 Å². The summed E-state index contributed by atoms with van der Waals surface area (Å²) in [5.41, 5.74) is 2.67. The molecule has 0 amide bonds. The van der Waals surface area contributed by atoms with Crippen LogP contribution in [0.1, 0.15) is 31.2 Å². The van der Waals surface area contributed by atoms with Crippen molar-refractivity contribution < 1.29 is 9.47 Å². The Kier molecular flexibility index (Phi) is 5.82. The van der Waals surface area contributed by atoms with E-state index in [4.69, 9.17) is 9.47 Å². The molecule has 1 aliphatic heterocycles. The lowest BCUT2D eigenvalue weighted by Crippen LogP contribution is -2.45. The predicted molar refractivity (Wildman–Crippen MR) is 117 cm³/mol. The SMILES string of the molecule is COc1cccc(N2CCOCC2CC[C@H](C)c2cccc3ccccc23)c1. The Labute approximate surface area is 167 Å². The molecule has 3 aromatic rings. The summed E-state index contributed by atoms with van der Waals surface area (Å²) < 4.78 is 11.2. The first-order chi connectivity index (χ1) is 13.8. The van der Waals surface area contributed by atoms with Crippen LogP contribution in [0.15, 0.2) is 66.7 Å². The van der Waals surface area contributed by atoms with Gasteiger partial charge in [-0.25, -0.2) is 0 Å². The first-order valence-electron chi connectivity index (χ1n) is 10.2. The van der Waals surface area contributed by atoms with Crippen LogP contribution < -0.4 is 9.64 Å². The molecule has 146 valence electrons. The summed E-state index contributed by atoms with van der Waals surface area (Å²) in [7, 11) is 1.72. The Hall–Kier alpha value is -2.52. The normalized spacial score (nSPS) is 18.2. The van der Waals surface area contributed by atoms with Crippen molar-refractivity contribution >= 4 is 16.5 Å². The minimum atomic E-state index is 0.401. The zero-order valence-corrected chi connectivity index (χ0v) is 16.8. The molecule has 0 N–H and O–H groups in total. The van der Waals surface area contributed by atoms with Gasteiger partial charge in [-0.05, 0) is 47.2 Å². The Morgan fingerprint density at radius 3 is 2.79 bits per heavy atom. The number of hydrogen-bond donors (Lipinski definition) is 0. The standard InChI is InChI=1S/C25H29NO2/c1-19(24-12-5-8-20-7-3-4-11-25(20)24)13-14-22-18-28-16-15-26(22)21-9-6-10-23(17-21)27-2/h3-12,17,19,22H,13-16,18H2,1-2H3/t19-,22?/m0/s1. The van der Waals surface area contributed by atoms with Crippen molar-refractivity contribution in [2.75, 3.05) is 31.8 Å². The van der Waals surface area contributed by atoms with Crippen LogP contribution in [0.4, 0.5) is 5.69 Å². The monoisotopic (exact) mass is 375 g/mol. The molecule has 0 aliphatic carbocycles. The number of hydrogen-bond acceptors (Lipinski definition) is 3. The van der Waals surface area contributed by atoms with Crippen molar-refractivity contribution in [1.29, 1.82) is 0 Å². The van der Waals surface area contributed by atoms with Gasteiger partial charge in [0.2, 0.25) is 0 Å². The molecule has 3 aromatic carbocycles. The molecule has 0 bridgehead atoms. The number of nitrogens with zero attached hydrogens (tertiary/aromatic N) is 1. The van der Waals surface area contributed by atoms with Crippen molar-refractivity contribution in [2.24, 2.45) is 0 Å². The molecule has 4 rings (SSSR count). The summed E-state index contributed by atoms with van der Waals surface area (Å²) in [6, 6.07) is 24.1. The third-order valence-electron chi connectivity index (χ3n) is 5.90. The molecule has 1 heterocycles. The maximum absolute atomic E-state index is 5.83. The largest absolute Gasteiger partial charge is 0.497 e. The molecule has 2 atom stereocenters. The second-order valence-corrected chi connectivity index (χ2v) is 7.67. The van der Waals surface area contributed by atoms with Gasteiger partial charge in [0.15, 0.2) is 0 Å². The number of fused-ring (bicyclic) bond motifs is 1. The Morgan fingerprint density at radius 1 is 1.07 bits per heavy atom. The van der Waals surface area contributed by atoms with E-state index in [2.05, 4.69) is 72.5 Å². The number of benzene rings is 3.